The van der Waals surface area contributed by atoms with E-state index in [1.165, 1.54) is 11.8 Å². The molecule has 0 aliphatic rings. The fourth-order valence-electron chi connectivity index (χ4n) is 1.45. The molecule has 0 bridgehead atoms. The molecule has 1 heterocycles. The Morgan fingerprint density at radius 3 is 2.50 bits per heavy atom. The number of aromatic nitrogens is 1. The summed E-state index contributed by atoms with van der Waals surface area (Å²) in [6.07, 6.45) is 1.46. The van der Waals surface area contributed by atoms with Crippen molar-refractivity contribution in [2.45, 2.75) is 13.1 Å². The highest BCUT2D eigenvalue weighted by Gasteiger charge is 1.95. The molecule has 2 N–H and O–H groups in total. The largest absolute Gasteiger partial charge is 0.506 e. The molecule has 0 atom stereocenters. The van der Waals surface area contributed by atoms with Crippen molar-refractivity contribution in [1.29, 1.82) is 0 Å². The Balaban J connectivity index is 1.82. The molecule has 2 aromatic rings. The lowest BCUT2D eigenvalue weighted by Gasteiger charge is -2.04. The molecule has 3 nitrogen and oxygen atoms in total. The Morgan fingerprint density at radius 1 is 1.00 bits per heavy atom. The predicted molar refractivity (Wildman–Crippen MR) is 62.9 cm³/mol. The molecule has 0 radical (unpaired) electrons. The van der Waals surface area contributed by atoms with Gasteiger partial charge in [0.25, 0.3) is 0 Å². The number of hydrogen-bond donors (Lipinski definition) is 2. The van der Waals surface area contributed by atoms with E-state index in [1.807, 2.05) is 24.3 Å². The van der Waals surface area contributed by atoms with Crippen LogP contribution < -0.4 is 5.32 Å². The van der Waals surface area contributed by atoms with Gasteiger partial charge < -0.3 is 10.4 Å². The second-order valence-electron chi connectivity index (χ2n) is 3.60. The molecule has 0 saturated heterocycles. The van der Waals surface area contributed by atoms with Gasteiger partial charge in [0.1, 0.15) is 5.75 Å². The van der Waals surface area contributed by atoms with Crippen LogP contribution in [0.3, 0.4) is 0 Å². The second-order valence-corrected chi connectivity index (χ2v) is 3.60. The summed E-state index contributed by atoms with van der Waals surface area (Å²) in [4.78, 5) is 4.10. The van der Waals surface area contributed by atoms with E-state index < -0.39 is 0 Å². The topological polar surface area (TPSA) is 45.1 Å². The second kappa shape index (κ2) is 5.28. The van der Waals surface area contributed by atoms with E-state index in [9.17, 15) is 0 Å². The van der Waals surface area contributed by atoms with Gasteiger partial charge in [-0.15, -0.1) is 0 Å². The minimum atomic E-state index is 0.201. The van der Waals surface area contributed by atoms with E-state index in [-0.39, 0.29) is 5.75 Å². The first-order valence-electron chi connectivity index (χ1n) is 5.23. The maximum atomic E-state index is 9.08. The molecule has 0 aliphatic carbocycles. The van der Waals surface area contributed by atoms with E-state index >= 15 is 0 Å². The summed E-state index contributed by atoms with van der Waals surface area (Å²) in [7, 11) is 0. The quantitative estimate of drug-likeness (QED) is 0.819. The molecule has 2 rings (SSSR count). The van der Waals surface area contributed by atoms with Crippen molar-refractivity contribution in [3.63, 3.8) is 0 Å². The third-order valence-electron chi connectivity index (χ3n) is 2.29. The number of benzene rings is 1. The van der Waals surface area contributed by atoms with E-state index in [0.717, 1.165) is 12.2 Å². The van der Waals surface area contributed by atoms with Crippen molar-refractivity contribution < 1.29 is 5.11 Å². The van der Waals surface area contributed by atoms with Gasteiger partial charge in [0.2, 0.25) is 0 Å². The number of hydrogen-bond acceptors (Lipinski definition) is 3. The van der Waals surface area contributed by atoms with Gasteiger partial charge in [0.05, 0.1) is 11.9 Å². The van der Waals surface area contributed by atoms with Crippen LogP contribution in [0.25, 0.3) is 0 Å². The van der Waals surface area contributed by atoms with Crippen LogP contribution in [0.5, 0.6) is 5.75 Å². The van der Waals surface area contributed by atoms with Crippen molar-refractivity contribution in [1.82, 2.24) is 10.3 Å². The van der Waals surface area contributed by atoms with Gasteiger partial charge in [-0.25, -0.2) is 0 Å². The molecule has 0 aliphatic heterocycles. The summed E-state index contributed by atoms with van der Waals surface area (Å²) in [6.45, 7) is 1.53. The average Bonchev–Trinajstić information content (AvgIpc) is 2.33. The summed E-state index contributed by atoms with van der Waals surface area (Å²) in [6, 6.07) is 13.7. The molecule has 0 saturated carbocycles. The first-order valence-corrected chi connectivity index (χ1v) is 5.23. The Hall–Kier alpha value is -1.87. The minimum absolute atomic E-state index is 0.201. The Labute approximate surface area is 94.8 Å². The Bertz CT molecular complexity index is 425. The summed E-state index contributed by atoms with van der Waals surface area (Å²) >= 11 is 0. The van der Waals surface area contributed by atoms with Crippen LogP contribution in [0, 0.1) is 0 Å². The van der Waals surface area contributed by atoms with Crippen LogP contribution in [-0.2, 0) is 13.1 Å². The van der Waals surface area contributed by atoms with Crippen molar-refractivity contribution in [3.8, 4) is 5.75 Å². The summed E-state index contributed by atoms with van der Waals surface area (Å²) in [5.41, 5.74) is 2.18. The zero-order valence-electron chi connectivity index (χ0n) is 8.93. The summed E-state index contributed by atoms with van der Waals surface area (Å²) in [5.74, 6) is 0.201. The summed E-state index contributed by atoms with van der Waals surface area (Å²) in [5, 5.41) is 12.4. The molecule has 1 aromatic heterocycles. The van der Waals surface area contributed by atoms with Crippen LogP contribution in [-0.4, -0.2) is 10.1 Å². The minimum Gasteiger partial charge on any atom is -0.506 e. The van der Waals surface area contributed by atoms with Crippen LogP contribution >= 0.6 is 0 Å². The lowest BCUT2D eigenvalue weighted by atomic mass is 10.2. The van der Waals surface area contributed by atoms with Gasteiger partial charge in [-0.1, -0.05) is 30.3 Å². The number of nitrogens with one attached hydrogen (secondary N) is 1. The molecule has 16 heavy (non-hydrogen) atoms. The van der Waals surface area contributed by atoms with E-state index in [4.69, 9.17) is 5.11 Å². The fourth-order valence-corrected chi connectivity index (χ4v) is 1.45. The number of aromatic hydroxyl groups is 1. The number of rotatable bonds is 4. The van der Waals surface area contributed by atoms with Gasteiger partial charge in [-0.2, -0.15) is 0 Å². The van der Waals surface area contributed by atoms with Crippen molar-refractivity contribution in [2.75, 3.05) is 0 Å². The average molecular weight is 214 g/mol. The molecular formula is C13H14N2O. The molecule has 0 unspecified atom stereocenters. The SMILES string of the molecule is Oc1ccc(CNCc2ccccc2)nc1. The standard InChI is InChI=1S/C13H14N2O/c16-13-7-6-12(15-10-13)9-14-8-11-4-2-1-3-5-11/h1-7,10,14,16H,8-9H2. The molecule has 82 valence electrons. The predicted octanol–water partition coefficient (Wildman–Crippen LogP) is 2.08. The van der Waals surface area contributed by atoms with Gasteiger partial charge in [-0.3, -0.25) is 4.98 Å². The highest BCUT2D eigenvalue weighted by atomic mass is 16.3. The number of nitrogens with zero attached hydrogens (tertiary/aromatic N) is 1. The van der Waals surface area contributed by atoms with Crippen LogP contribution in [0.4, 0.5) is 0 Å². The van der Waals surface area contributed by atoms with Gasteiger partial charge in [0.15, 0.2) is 0 Å². The van der Waals surface area contributed by atoms with Crippen molar-refractivity contribution in [2.24, 2.45) is 0 Å². The van der Waals surface area contributed by atoms with Crippen LogP contribution in [0.2, 0.25) is 0 Å². The Kier molecular flexibility index (Phi) is 3.51. The summed E-state index contributed by atoms with van der Waals surface area (Å²) < 4.78 is 0. The molecule has 1 aromatic carbocycles. The normalized spacial score (nSPS) is 10.2. The molecule has 0 amide bonds. The van der Waals surface area contributed by atoms with E-state index in [1.54, 1.807) is 6.07 Å². The lowest BCUT2D eigenvalue weighted by Crippen LogP contribution is -2.13. The maximum absolute atomic E-state index is 9.08. The Morgan fingerprint density at radius 2 is 1.81 bits per heavy atom. The zero-order chi connectivity index (χ0) is 11.2. The molecule has 0 fully saturated rings. The lowest BCUT2D eigenvalue weighted by molar-refractivity contribution is 0.471. The maximum Gasteiger partial charge on any atom is 0.133 e. The molecule has 3 heteroatoms. The van der Waals surface area contributed by atoms with Crippen molar-refractivity contribution >= 4 is 0 Å². The van der Waals surface area contributed by atoms with Gasteiger partial charge >= 0.3 is 0 Å². The first-order chi connectivity index (χ1) is 7.84. The van der Waals surface area contributed by atoms with Crippen molar-refractivity contribution in [3.05, 3.63) is 59.9 Å². The zero-order valence-corrected chi connectivity index (χ0v) is 8.93. The first kappa shape index (κ1) is 10.6. The van der Waals surface area contributed by atoms with Crippen LogP contribution in [0.15, 0.2) is 48.7 Å². The third-order valence-corrected chi connectivity index (χ3v) is 2.29. The third kappa shape index (κ3) is 3.07. The monoisotopic (exact) mass is 214 g/mol. The fraction of sp³-hybridized carbons (Fsp3) is 0.154. The highest BCUT2D eigenvalue weighted by molar-refractivity contribution is 5.18. The smallest absolute Gasteiger partial charge is 0.133 e. The van der Waals surface area contributed by atoms with Gasteiger partial charge in [-0.05, 0) is 17.7 Å². The molecular weight excluding hydrogens is 200 g/mol. The van der Waals surface area contributed by atoms with E-state index in [0.29, 0.717) is 6.54 Å². The van der Waals surface area contributed by atoms with Gasteiger partial charge in [0, 0.05) is 13.1 Å². The highest BCUT2D eigenvalue weighted by Crippen LogP contribution is 2.05. The van der Waals surface area contributed by atoms with E-state index in [2.05, 4.69) is 22.4 Å². The van der Waals surface area contributed by atoms with Crippen LogP contribution in [0.1, 0.15) is 11.3 Å². The molecule has 0 spiro atoms. The number of pyridine rings is 1.